The minimum Gasteiger partial charge on any atom is -0.333 e. The maximum Gasteiger partial charge on any atom is 0.243 e. The van der Waals surface area contributed by atoms with Crippen molar-refractivity contribution in [3.63, 3.8) is 0 Å². The Morgan fingerprint density at radius 2 is 1.83 bits per heavy atom. The summed E-state index contributed by atoms with van der Waals surface area (Å²) in [6.07, 6.45) is 2.09. The first kappa shape index (κ1) is 16.1. The summed E-state index contributed by atoms with van der Waals surface area (Å²) in [6, 6.07) is 3.54. The zero-order valence-electron chi connectivity index (χ0n) is 14.0. The topological polar surface area (TPSA) is 62.1 Å². The Balaban J connectivity index is 1.68. The minimum absolute atomic E-state index is 0.0978. The molecule has 3 aliphatic rings. The number of rotatable bonds is 3. The molecular weight excluding hydrogens is 326 g/mol. The van der Waals surface area contributed by atoms with E-state index in [-0.39, 0.29) is 5.91 Å². The molecule has 0 bridgehead atoms. The number of hydrogen-bond donors (Lipinski definition) is 1. The van der Waals surface area contributed by atoms with Gasteiger partial charge in [-0.15, -0.1) is 0 Å². The third-order valence-electron chi connectivity index (χ3n) is 5.55. The first-order chi connectivity index (χ1) is 11.5. The molecule has 1 aromatic rings. The van der Waals surface area contributed by atoms with E-state index in [4.69, 9.17) is 0 Å². The first-order valence-electron chi connectivity index (χ1n) is 8.80. The number of likely N-dealkylation sites (N-methyl/N-ethyl adjacent to an activating group) is 1. The largest absolute Gasteiger partial charge is 0.333 e. The second-order valence-electron chi connectivity index (χ2n) is 6.92. The summed E-state index contributed by atoms with van der Waals surface area (Å²) in [4.78, 5) is 15.8. The molecule has 1 N–H and O–H groups in total. The van der Waals surface area contributed by atoms with Gasteiger partial charge in [0.05, 0.1) is 49.7 Å². The number of sulfonamides is 1. The molecule has 1 aromatic carbocycles. The fourth-order valence-electron chi connectivity index (χ4n) is 4.14. The molecule has 24 heavy (non-hydrogen) atoms. The normalized spacial score (nSPS) is 22.0. The van der Waals surface area contributed by atoms with Crippen molar-refractivity contribution in [1.29, 1.82) is 0 Å². The van der Waals surface area contributed by atoms with Crippen LogP contribution in [0.25, 0.3) is 0 Å². The van der Waals surface area contributed by atoms with Gasteiger partial charge >= 0.3 is 0 Å². The number of nitrogens with one attached hydrogen (secondary N) is 1. The smallest absolute Gasteiger partial charge is 0.243 e. The van der Waals surface area contributed by atoms with Gasteiger partial charge in [0.1, 0.15) is 0 Å². The summed E-state index contributed by atoms with van der Waals surface area (Å²) < 4.78 is 27.7. The average Bonchev–Trinajstić information content (AvgIpc) is 2.92. The summed E-state index contributed by atoms with van der Waals surface area (Å²) in [5.41, 5.74) is 2.88. The molecule has 1 amide bonds. The average molecular weight is 350 g/mol. The van der Waals surface area contributed by atoms with Crippen molar-refractivity contribution in [2.45, 2.75) is 31.1 Å². The van der Waals surface area contributed by atoms with Crippen LogP contribution in [-0.4, -0.2) is 57.9 Å². The van der Waals surface area contributed by atoms with E-state index in [1.54, 1.807) is 16.4 Å². The molecule has 0 saturated carbocycles. The molecule has 0 radical (unpaired) electrons. The van der Waals surface area contributed by atoms with Gasteiger partial charge in [-0.3, -0.25) is 4.79 Å². The van der Waals surface area contributed by atoms with Crippen molar-refractivity contribution in [2.24, 2.45) is 0 Å². The lowest BCUT2D eigenvalue weighted by atomic mass is 10.0. The van der Waals surface area contributed by atoms with Crippen LogP contribution in [0.15, 0.2) is 17.0 Å². The van der Waals surface area contributed by atoms with E-state index in [0.29, 0.717) is 24.4 Å². The Hall–Kier alpha value is -1.44. The number of carbonyl (C=O) groups is 1. The van der Waals surface area contributed by atoms with Crippen LogP contribution in [-0.2, 0) is 27.7 Å². The third kappa shape index (κ3) is 2.46. The van der Waals surface area contributed by atoms with Gasteiger partial charge in [0.25, 0.3) is 0 Å². The molecule has 0 unspecified atom stereocenters. The number of nitrogens with zero attached hydrogens (tertiary/aromatic N) is 2. The van der Waals surface area contributed by atoms with Gasteiger partial charge in [0, 0.05) is 6.54 Å². The highest BCUT2D eigenvalue weighted by atomic mass is 32.2. The molecule has 3 aliphatic heterocycles. The van der Waals surface area contributed by atoms with Crippen molar-refractivity contribution in [2.75, 3.05) is 44.2 Å². The maximum atomic E-state index is 13.0. The molecule has 1 saturated heterocycles. The Bertz CT molecular complexity index is 783. The molecule has 4 rings (SSSR count). The molecule has 1 fully saturated rings. The van der Waals surface area contributed by atoms with Gasteiger partial charge in [-0.25, -0.2) is 8.42 Å². The highest BCUT2D eigenvalue weighted by Gasteiger charge is 2.36. The van der Waals surface area contributed by atoms with Crippen LogP contribution in [0.5, 0.6) is 0 Å². The lowest BCUT2D eigenvalue weighted by Crippen LogP contribution is -3.14. The van der Waals surface area contributed by atoms with E-state index >= 15 is 0 Å². The van der Waals surface area contributed by atoms with Crippen molar-refractivity contribution < 1.29 is 18.1 Å². The third-order valence-corrected chi connectivity index (χ3v) is 7.43. The number of carbonyl (C=O) groups excluding carboxylic acids is 1. The second kappa shape index (κ2) is 5.82. The SMILES string of the molecule is CC[NH+]1CCN(S(=O)(=O)c2cc3c4c(c2)CC(=O)N4CCC3)CC1. The second-order valence-corrected chi connectivity index (χ2v) is 8.86. The predicted octanol–water partition coefficient (Wildman–Crippen LogP) is -0.569. The maximum absolute atomic E-state index is 13.0. The van der Waals surface area contributed by atoms with Crippen molar-refractivity contribution in [1.82, 2.24) is 4.31 Å². The summed E-state index contributed by atoms with van der Waals surface area (Å²) in [5, 5.41) is 0. The molecule has 130 valence electrons. The summed E-state index contributed by atoms with van der Waals surface area (Å²) in [5.74, 6) is 0.0978. The predicted molar refractivity (Wildman–Crippen MR) is 90.8 cm³/mol. The van der Waals surface area contributed by atoms with Gasteiger partial charge in [0.15, 0.2) is 0 Å². The first-order valence-corrected chi connectivity index (χ1v) is 10.2. The molecule has 0 atom stereocenters. The fourth-order valence-corrected chi connectivity index (χ4v) is 5.69. The van der Waals surface area contributed by atoms with Crippen LogP contribution in [0.3, 0.4) is 0 Å². The highest BCUT2D eigenvalue weighted by Crippen LogP contribution is 2.38. The zero-order valence-corrected chi connectivity index (χ0v) is 14.9. The summed E-state index contributed by atoms with van der Waals surface area (Å²) in [7, 11) is -3.47. The van der Waals surface area contributed by atoms with Gasteiger partial charge < -0.3 is 9.80 Å². The van der Waals surface area contributed by atoms with Gasteiger partial charge in [-0.2, -0.15) is 4.31 Å². The molecule has 6 nitrogen and oxygen atoms in total. The van der Waals surface area contributed by atoms with Crippen LogP contribution in [0.2, 0.25) is 0 Å². The summed E-state index contributed by atoms with van der Waals surface area (Å²) >= 11 is 0. The van der Waals surface area contributed by atoms with Crippen LogP contribution >= 0.6 is 0 Å². The number of aryl methyl sites for hydroxylation is 1. The van der Waals surface area contributed by atoms with E-state index in [1.807, 2.05) is 4.90 Å². The Morgan fingerprint density at radius 1 is 1.12 bits per heavy atom. The lowest BCUT2D eigenvalue weighted by molar-refractivity contribution is -0.901. The van der Waals surface area contributed by atoms with Gasteiger partial charge in [-0.05, 0) is 43.0 Å². The monoisotopic (exact) mass is 350 g/mol. The number of anilines is 1. The van der Waals surface area contributed by atoms with E-state index in [9.17, 15) is 13.2 Å². The van der Waals surface area contributed by atoms with E-state index in [2.05, 4.69) is 6.92 Å². The summed E-state index contributed by atoms with van der Waals surface area (Å²) in [6.45, 7) is 6.79. The Labute approximate surface area is 143 Å². The molecule has 0 aliphatic carbocycles. The minimum atomic E-state index is -3.47. The van der Waals surface area contributed by atoms with Crippen LogP contribution < -0.4 is 9.80 Å². The molecule has 7 heteroatoms. The Kier molecular flexibility index (Phi) is 3.89. The quantitative estimate of drug-likeness (QED) is 0.794. The number of benzene rings is 1. The standard InChI is InChI=1S/C17H23N3O3S/c1-2-18-6-8-19(9-7-18)24(22,23)15-10-13-4-3-5-20-16(21)12-14(11-15)17(13)20/h10-11H,2-9,12H2,1H3/p+1. The molecule has 0 spiro atoms. The van der Waals surface area contributed by atoms with Gasteiger partial charge in [0.2, 0.25) is 15.9 Å². The van der Waals surface area contributed by atoms with Crippen molar-refractivity contribution >= 4 is 21.6 Å². The molecule has 3 heterocycles. The zero-order chi connectivity index (χ0) is 16.9. The molecule has 0 aromatic heterocycles. The number of piperazine rings is 1. The van der Waals surface area contributed by atoms with E-state index < -0.39 is 10.0 Å². The van der Waals surface area contributed by atoms with Gasteiger partial charge in [-0.1, -0.05) is 0 Å². The molecular formula is C17H24N3O3S+. The fraction of sp³-hybridized carbons (Fsp3) is 0.588. The van der Waals surface area contributed by atoms with E-state index in [0.717, 1.165) is 55.8 Å². The van der Waals surface area contributed by atoms with E-state index in [1.165, 1.54) is 4.90 Å². The number of amides is 1. The Morgan fingerprint density at radius 3 is 2.54 bits per heavy atom. The lowest BCUT2D eigenvalue weighted by Gasteiger charge is -2.31. The highest BCUT2D eigenvalue weighted by molar-refractivity contribution is 7.89. The van der Waals surface area contributed by atoms with Crippen molar-refractivity contribution in [3.05, 3.63) is 23.3 Å². The number of hydrogen-bond acceptors (Lipinski definition) is 3. The van der Waals surface area contributed by atoms with Crippen molar-refractivity contribution in [3.8, 4) is 0 Å². The van der Waals surface area contributed by atoms with Crippen LogP contribution in [0, 0.1) is 0 Å². The number of quaternary nitrogens is 1. The van der Waals surface area contributed by atoms with Crippen LogP contribution in [0.4, 0.5) is 5.69 Å². The van der Waals surface area contributed by atoms with Crippen LogP contribution in [0.1, 0.15) is 24.5 Å².